The minimum Gasteiger partial charge on any atom is -0.496 e. The number of nitrogens with zero attached hydrogens (tertiary/aromatic N) is 3. The minimum atomic E-state index is -0.161. The summed E-state index contributed by atoms with van der Waals surface area (Å²) in [6.45, 7) is 2.02. The van der Waals surface area contributed by atoms with Gasteiger partial charge in [0.05, 0.1) is 11.6 Å². The Labute approximate surface area is 159 Å². The monoisotopic (exact) mass is 375 g/mol. The number of rotatable bonds is 4. The predicted octanol–water partition coefficient (Wildman–Crippen LogP) is 3.35. The Hall–Kier alpha value is -3.25. The van der Waals surface area contributed by atoms with Crippen molar-refractivity contribution >= 4 is 28.4 Å². The second-order valence-corrected chi connectivity index (χ2v) is 7.05. The van der Waals surface area contributed by atoms with Crippen LogP contribution in [0.1, 0.15) is 11.1 Å². The quantitative estimate of drug-likeness (QED) is 0.549. The summed E-state index contributed by atoms with van der Waals surface area (Å²) < 4.78 is 7.28. The van der Waals surface area contributed by atoms with Crippen LogP contribution < -0.4 is 14.8 Å². The molecule has 0 bridgehead atoms. The fraction of sp³-hybridized carbons (Fsp3) is 0.0952. The van der Waals surface area contributed by atoms with Gasteiger partial charge < -0.3 is 4.74 Å². The SMILES string of the molecule is COc1ccccc1/C=C/C=c1\sc2nc(-c3cccc(C)c3)nn2c1=O. The van der Waals surface area contributed by atoms with Crippen molar-refractivity contribution in [2.45, 2.75) is 6.92 Å². The van der Waals surface area contributed by atoms with Crippen LogP contribution in [0.25, 0.3) is 28.5 Å². The first kappa shape index (κ1) is 17.2. The molecule has 0 fully saturated rings. The van der Waals surface area contributed by atoms with Crippen LogP contribution in [0.3, 0.4) is 0 Å². The third-order valence-corrected chi connectivity index (χ3v) is 5.10. The Bertz CT molecular complexity index is 1250. The summed E-state index contributed by atoms with van der Waals surface area (Å²) in [5.74, 6) is 1.35. The lowest BCUT2D eigenvalue weighted by atomic mass is 10.1. The zero-order valence-corrected chi connectivity index (χ0v) is 15.7. The largest absolute Gasteiger partial charge is 0.496 e. The molecule has 0 amide bonds. The molecule has 2 heterocycles. The normalized spacial score (nSPS) is 12.3. The standard InChI is InChI=1S/C21H17N3O2S/c1-14-7-5-10-16(13-14)19-22-21-24(23-19)20(25)18(27-21)12-6-9-15-8-3-4-11-17(15)26-2/h3-13H,1-2H3/b9-6+,18-12-. The van der Waals surface area contributed by atoms with E-state index in [2.05, 4.69) is 10.1 Å². The van der Waals surface area contributed by atoms with Gasteiger partial charge in [-0.15, -0.1) is 5.10 Å². The van der Waals surface area contributed by atoms with Crippen molar-refractivity contribution in [1.82, 2.24) is 14.6 Å². The third-order valence-electron chi connectivity index (χ3n) is 4.12. The number of ether oxygens (including phenoxy) is 1. The summed E-state index contributed by atoms with van der Waals surface area (Å²) in [5.41, 5.74) is 2.83. The number of methoxy groups -OCH3 is 1. The Kier molecular flexibility index (Phi) is 4.56. The van der Waals surface area contributed by atoms with Gasteiger partial charge in [0.15, 0.2) is 5.82 Å². The van der Waals surface area contributed by atoms with E-state index in [1.54, 1.807) is 13.2 Å². The molecule has 0 radical (unpaired) electrons. The molecule has 0 aliphatic carbocycles. The highest BCUT2D eigenvalue weighted by Crippen LogP contribution is 2.19. The van der Waals surface area contributed by atoms with Crippen LogP contribution in [-0.2, 0) is 0 Å². The highest BCUT2D eigenvalue weighted by atomic mass is 32.1. The number of allylic oxidation sites excluding steroid dienone is 1. The minimum absolute atomic E-state index is 0.161. The molecular weight excluding hydrogens is 358 g/mol. The Morgan fingerprint density at radius 2 is 2.00 bits per heavy atom. The molecule has 0 atom stereocenters. The van der Waals surface area contributed by atoms with Gasteiger partial charge in [-0.3, -0.25) is 4.79 Å². The summed E-state index contributed by atoms with van der Waals surface area (Å²) >= 11 is 1.33. The van der Waals surface area contributed by atoms with Crippen molar-refractivity contribution in [1.29, 1.82) is 0 Å². The van der Waals surface area contributed by atoms with Crippen molar-refractivity contribution in [2.75, 3.05) is 7.11 Å². The number of hydrogen-bond donors (Lipinski definition) is 0. The van der Waals surface area contributed by atoms with Gasteiger partial charge in [-0.1, -0.05) is 65.5 Å². The van der Waals surface area contributed by atoms with Crippen molar-refractivity contribution in [3.63, 3.8) is 0 Å². The molecule has 0 saturated heterocycles. The first-order chi connectivity index (χ1) is 13.2. The molecule has 0 saturated carbocycles. The first-order valence-corrected chi connectivity index (χ1v) is 9.25. The van der Waals surface area contributed by atoms with Crippen molar-refractivity contribution in [3.8, 4) is 17.1 Å². The molecule has 0 spiro atoms. The van der Waals surface area contributed by atoms with Crippen LogP contribution in [0.5, 0.6) is 5.75 Å². The van der Waals surface area contributed by atoms with E-state index in [-0.39, 0.29) is 5.56 Å². The van der Waals surface area contributed by atoms with Crippen LogP contribution in [0.15, 0.2) is 59.4 Å². The van der Waals surface area contributed by atoms with Crippen LogP contribution >= 0.6 is 11.3 Å². The maximum absolute atomic E-state index is 12.6. The van der Waals surface area contributed by atoms with Gasteiger partial charge >= 0.3 is 0 Å². The fourth-order valence-corrected chi connectivity index (χ4v) is 3.66. The zero-order valence-electron chi connectivity index (χ0n) is 14.9. The van der Waals surface area contributed by atoms with E-state index in [4.69, 9.17) is 4.74 Å². The van der Waals surface area contributed by atoms with E-state index in [9.17, 15) is 4.79 Å². The summed E-state index contributed by atoms with van der Waals surface area (Å²) in [6.07, 6.45) is 5.53. The molecule has 4 aromatic rings. The molecule has 0 aliphatic heterocycles. The van der Waals surface area contributed by atoms with Gasteiger partial charge in [0.1, 0.15) is 5.75 Å². The molecule has 4 rings (SSSR count). The van der Waals surface area contributed by atoms with Gasteiger partial charge in [-0.25, -0.2) is 0 Å². The van der Waals surface area contributed by atoms with E-state index in [0.29, 0.717) is 15.3 Å². The van der Waals surface area contributed by atoms with Crippen molar-refractivity contribution in [3.05, 3.63) is 80.6 Å². The lowest BCUT2D eigenvalue weighted by molar-refractivity contribution is 0.414. The average Bonchev–Trinajstić information content (AvgIpc) is 3.22. The van der Waals surface area contributed by atoms with Crippen LogP contribution in [0.4, 0.5) is 0 Å². The molecular formula is C21H17N3O2S. The van der Waals surface area contributed by atoms with Crippen LogP contribution in [0, 0.1) is 6.92 Å². The van der Waals surface area contributed by atoms with E-state index < -0.39 is 0 Å². The second kappa shape index (κ2) is 7.17. The lowest BCUT2D eigenvalue weighted by Gasteiger charge is -2.02. The Morgan fingerprint density at radius 1 is 1.15 bits per heavy atom. The smallest absolute Gasteiger partial charge is 0.291 e. The van der Waals surface area contributed by atoms with Gasteiger partial charge in [-0.2, -0.15) is 9.50 Å². The molecule has 2 aromatic carbocycles. The van der Waals surface area contributed by atoms with Gasteiger partial charge in [-0.05, 0) is 25.1 Å². The Morgan fingerprint density at radius 3 is 2.78 bits per heavy atom. The molecule has 27 heavy (non-hydrogen) atoms. The number of para-hydroxylation sites is 1. The summed E-state index contributed by atoms with van der Waals surface area (Å²) in [7, 11) is 1.64. The number of aromatic nitrogens is 3. The van der Waals surface area contributed by atoms with Gasteiger partial charge in [0.25, 0.3) is 5.56 Å². The topological polar surface area (TPSA) is 56.5 Å². The Balaban J connectivity index is 1.68. The molecule has 134 valence electrons. The second-order valence-electron chi connectivity index (χ2n) is 6.04. The highest BCUT2D eigenvalue weighted by Gasteiger charge is 2.11. The molecule has 6 heteroatoms. The first-order valence-electron chi connectivity index (χ1n) is 8.44. The van der Waals surface area contributed by atoms with E-state index >= 15 is 0 Å². The molecule has 0 unspecified atom stereocenters. The van der Waals surface area contributed by atoms with Crippen LogP contribution in [-0.4, -0.2) is 21.7 Å². The fourth-order valence-electron chi connectivity index (χ4n) is 2.80. The highest BCUT2D eigenvalue weighted by molar-refractivity contribution is 7.15. The number of benzene rings is 2. The number of hydrogen-bond acceptors (Lipinski definition) is 5. The van der Waals surface area contributed by atoms with E-state index in [1.165, 1.54) is 15.9 Å². The zero-order chi connectivity index (χ0) is 18.8. The number of fused-ring (bicyclic) bond motifs is 1. The van der Waals surface area contributed by atoms with Crippen molar-refractivity contribution in [2.24, 2.45) is 0 Å². The average molecular weight is 375 g/mol. The van der Waals surface area contributed by atoms with E-state index in [0.717, 1.165) is 22.4 Å². The number of aryl methyl sites for hydroxylation is 1. The number of thiazole rings is 1. The molecule has 2 aromatic heterocycles. The molecule has 0 N–H and O–H groups in total. The van der Waals surface area contributed by atoms with Crippen LogP contribution in [0.2, 0.25) is 0 Å². The summed E-state index contributed by atoms with van der Waals surface area (Å²) in [5, 5.41) is 4.38. The summed E-state index contributed by atoms with van der Waals surface area (Å²) in [6, 6.07) is 15.6. The van der Waals surface area contributed by atoms with Crippen molar-refractivity contribution < 1.29 is 4.74 Å². The maximum Gasteiger partial charge on any atom is 0.291 e. The maximum atomic E-state index is 12.6. The third kappa shape index (κ3) is 3.39. The van der Waals surface area contributed by atoms with E-state index in [1.807, 2.05) is 67.6 Å². The molecule has 5 nitrogen and oxygen atoms in total. The lowest BCUT2D eigenvalue weighted by Crippen LogP contribution is -2.23. The predicted molar refractivity (Wildman–Crippen MR) is 109 cm³/mol. The molecule has 0 aliphatic rings. The van der Waals surface area contributed by atoms with Gasteiger partial charge in [0.2, 0.25) is 4.96 Å². The summed E-state index contributed by atoms with van der Waals surface area (Å²) in [4.78, 5) is 17.7. The van der Waals surface area contributed by atoms with Gasteiger partial charge in [0, 0.05) is 11.1 Å².